The smallest absolute Gasteiger partial charge is 0.354 e. The maximum atomic E-state index is 10.4. The fourth-order valence-corrected chi connectivity index (χ4v) is 3.74. The summed E-state index contributed by atoms with van der Waals surface area (Å²) < 4.78 is 31.1. The Bertz CT molecular complexity index is 1000. The van der Waals surface area contributed by atoms with Crippen LogP contribution in [0, 0.1) is 0 Å². The van der Waals surface area contributed by atoms with Gasteiger partial charge in [-0.3, -0.25) is 0 Å². The lowest BCUT2D eigenvalue weighted by atomic mass is 10.0. The van der Waals surface area contributed by atoms with Crippen LogP contribution in [0.15, 0.2) is 66.0 Å². The molecule has 1 N–H and O–H groups in total. The van der Waals surface area contributed by atoms with Gasteiger partial charge in [0.25, 0.3) is 0 Å². The Hall–Kier alpha value is -2.24. The van der Waals surface area contributed by atoms with E-state index in [1.807, 2.05) is 32.0 Å². The summed E-state index contributed by atoms with van der Waals surface area (Å²) in [4.78, 5) is 4.92. The zero-order valence-electron chi connectivity index (χ0n) is 16.5. The van der Waals surface area contributed by atoms with E-state index in [-0.39, 0.29) is 6.92 Å². The molecule has 0 atom stereocenters. The molecule has 0 aliphatic heterocycles. The summed E-state index contributed by atoms with van der Waals surface area (Å²) in [6.07, 6.45) is -3.07. The van der Waals surface area contributed by atoms with Gasteiger partial charge in [0.15, 0.2) is 0 Å². The lowest BCUT2D eigenvalue weighted by Gasteiger charge is -2.04. The molecule has 4 aromatic rings. The van der Waals surface area contributed by atoms with Crippen LogP contribution in [0.1, 0.15) is 31.2 Å². The van der Waals surface area contributed by atoms with Crippen LogP contribution >= 0.6 is 22.9 Å². The van der Waals surface area contributed by atoms with Crippen LogP contribution in [0.5, 0.6) is 0 Å². The third-order valence-corrected chi connectivity index (χ3v) is 4.97. The topological polar surface area (TPSA) is 15.8 Å². The predicted octanol–water partition coefficient (Wildman–Crippen LogP) is 8.74. The van der Waals surface area contributed by atoms with Crippen molar-refractivity contribution in [3.63, 3.8) is 0 Å². The van der Waals surface area contributed by atoms with Crippen LogP contribution in [0.2, 0.25) is 5.02 Å². The second-order valence-corrected chi connectivity index (χ2v) is 7.54. The van der Waals surface area contributed by atoms with Crippen molar-refractivity contribution in [2.45, 2.75) is 33.4 Å². The molecular weight excluding hydrogens is 415 g/mol. The van der Waals surface area contributed by atoms with Crippen molar-refractivity contribution in [2.75, 3.05) is 0 Å². The highest BCUT2D eigenvalue weighted by Gasteiger charge is 2.16. The molecule has 0 aliphatic carbocycles. The van der Waals surface area contributed by atoms with Gasteiger partial charge in [0, 0.05) is 34.1 Å². The number of alkyl halides is 3. The number of halogens is 4. The van der Waals surface area contributed by atoms with E-state index in [0.29, 0.717) is 0 Å². The third-order valence-electron chi connectivity index (χ3n) is 3.86. The van der Waals surface area contributed by atoms with E-state index >= 15 is 0 Å². The zero-order chi connectivity index (χ0) is 21.4. The Morgan fingerprint density at radius 2 is 1.62 bits per heavy atom. The van der Waals surface area contributed by atoms with E-state index in [9.17, 15) is 13.2 Å². The van der Waals surface area contributed by atoms with Crippen LogP contribution in [0.4, 0.5) is 13.2 Å². The molecular formula is C23H23ClF3NS. The molecule has 0 amide bonds. The Kier molecular flexibility index (Phi) is 8.35. The molecule has 6 heteroatoms. The average Bonchev–Trinajstić information content (AvgIpc) is 3.31. The van der Waals surface area contributed by atoms with Gasteiger partial charge in [0.2, 0.25) is 0 Å². The highest BCUT2D eigenvalue weighted by molar-refractivity contribution is 7.09. The molecule has 0 spiro atoms. The highest BCUT2D eigenvalue weighted by atomic mass is 35.5. The van der Waals surface area contributed by atoms with Crippen LogP contribution < -0.4 is 0 Å². The summed E-state index contributed by atoms with van der Waals surface area (Å²) in [7, 11) is 0. The summed E-state index contributed by atoms with van der Waals surface area (Å²) in [6.45, 7) is 4.19. The third kappa shape index (κ3) is 6.94. The van der Waals surface area contributed by atoms with Crippen molar-refractivity contribution in [3.05, 3.63) is 81.5 Å². The minimum absolute atomic E-state index is 0.188. The first-order valence-electron chi connectivity index (χ1n) is 9.26. The van der Waals surface area contributed by atoms with E-state index in [4.69, 9.17) is 11.6 Å². The molecule has 0 unspecified atom stereocenters. The number of rotatable bonds is 3. The van der Waals surface area contributed by atoms with Crippen LogP contribution in [0.3, 0.4) is 0 Å². The molecule has 0 aliphatic rings. The van der Waals surface area contributed by atoms with E-state index in [2.05, 4.69) is 52.8 Å². The number of nitrogens with one attached hydrogen (secondary N) is 1. The molecule has 4 rings (SSSR count). The zero-order valence-corrected chi connectivity index (χ0v) is 18.1. The van der Waals surface area contributed by atoms with Crippen LogP contribution in [0.25, 0.3) is 22.2 Å². The first-order valence-corrected chi connectivity index (χ1v) is 10.5. The van der Waals surface area contributed by atoms with Crippen LogP contribution in [-0.4, -0.2) is 11.2 Å². The molecule has 2 aromatic heterocycles. The second kappa shape index (κ2) is 10.5. The molecule has 1 nitrogen and oxygen atoms in total. The predicted molar refractivity (Wildman–Crippen MR) is 119 cm³/mol. The molecule has 0 radical (unpaired) electrons. The lowest BCUT2D eigenvalue weighted by Crippen LogP contribution is -1.95. The molecule has 0 saturated heterocycles. The van der Waals surface area contributed by atoms with Crippen LogP contribution in [-0.2, 0) is 6.42 Å². The van der Waals surface area contributed by atoms with Crippen molar-refractivity contribution in [1.29, 1.82) is 0 Å². The summed E-state index contributed by atoms with van der Waals surface area (Å²) in [5.74, 6) is 0. The molecule has 0 saturated carbocycles. The largest absolute Gasteiger partial charge is 0.386 e. The van der Waals surface area contributed by atoms with Crippen molar-refractivity contribution in [1.82, 2.24) is 4.98 Å². The van der Waals surface area contributed by atoms with Gasteiger partial charge in [-0.25, -0.2) is 0 Å². The van der Waals surface area contributed by atoms with Gasteiger partial charge in [-0.05, 0) is 34.7 Å². The van der Waals surface area contributed by atoms with Crippen molar-refractivity contribution in [2.24, 2.45) is 0 Å². The van der Waals surface area contributed by atoms with Crippen molar-refractivity contribution in [3.8, 4) is 11.3 Å². The van der Waals surface area contributed by atoms with Gasteiger partial charge in [0.1, 0.15) is 0 Å². The Labute approximate surface area is 178 Å². The number of aromatic nitrogens is 1. The number of benzene rings is 2. The van der Waals surface area contributed by atoms with Gasteiger partial charge in [0.05, 0.1) is 5.69 Å². The van der Waals surface area contributed by atoms with Crippen molar-refractivity contribution >= 4 is 33.8 Å². The van der Waals surface area contributed by atoms with Crippen molar-refractivity contribution < 1.29 is 13.2 Å². The quantitative estimate of drug-likeness (QED) is 0.329. The molecule has 154 valence electrons. The fourth-order valence-electron chi connectivity index (χ4n) is 2.85. The number of aromatic amines is 1. The first kappa shape index (κ1) is 23.0. The maximum absolute atomic E-state index is 10.4. The van der Waals surface area contributed by atoms with Gasteiger partial charge < -0.3 is 4.98 Å². The number of thiophene rings is 1. The molecule has 0 fully saturated rings. The normalized spacial score (nSPS) is 10.7. The molecule has 2 aromatic carbocycles. The Morgan fingerprint density at radius 3 is 2.21 bits per heavy atom. The number of H-pyrrole nitrogens is 1. The minimum atomic E-state index is -4.00. The number of hydrogen-bond donors (Lipinski definition) is 1. The van der Waals surface area contributed by atoms with Gasteiger partial charge >= 0.3 is 6.18 Å². The van der Waals surface area contributed by atoms with E-state index in [1.165, 1.54) is 27.1 Å². The monoisotopic (exact) mass is 437 g/mol. The molecule has 29 heavy (non-hydrogen) atoms. The minimum Gasteiger partial charge on any atom is -0.354 e. The number of hydrogen-bond acceptors (Lipinski definition) is 1. The van der Waals surface area contributed by atoms with Gasteiger partial charge in [-0.1, -0.05) is 67.9 Å². The van der Waals surface area contributed by atoms with E-state index < -0.39 is 6.18 Å². The van der Waals surface area contributed by atoms with E-state index in [0.717, 1.165) is 17.0 Å². The van der Waals surface area contributed by atoms with E-state index in [1.54, 1.807) is 11.3 Å². The summed E-state index contributed by atoms with van der Waals surface area (Å²) >= 11 is 7.95. The fraction of sp³-hybridized carbons (Fsp3) is 0.217. The SMILES string of the molecule is CC.CC(F)(F)F.Clc1ccc2c(Cc3cccs3)c(-c3ccccc3)[nH]c2c1. The van der Waals surface area contributed by atoms with Gasteiger partial charge in [-0.2, -0.15) is 13.2 Å². The summed E-state index contributed by atoms with van der Waals surface area (Å²) in [5, 5.41) is 4.14. The molecule has 2 heterocycles. The average molecular weight is 438 g/mol. The summed E-state index contributed by atoms with van der Waals surface area (Å²) in [5.41, 5.74) is 4.82. The van der Waals surface area contributed by atoms with Gasteiger partial charge in [-0.15, -0.1) is 11.3 Å². The molecule has 0 bridgehead atoms. The highest BCUT2D eigenvalue weighted by Crippen LogP contribution is 2.34. The standard InChI is InChI=1S/C19H14ClNS.C2H3F3.C2H6/c20-14-8-9-16-17(12-15-7-4-10-22-15)19(21-18(16)11-14)13-5-2-1-3-6-13;1-2(3,4)5;1-2/h1-11,21H,12H2;1H3;1-2H3. The lowest BCUT2D eigenvalue weighted by molar-refractivity contribution is -0.110. The first-order chi connectivity index (χ1) is 13.8. The summed E-state index contributed by atoms with van der Waals surface area (Å²) in [6, 6.07) is 20.8. The maximum Gasteiger partial charge on any atom is 0.386 e. The Balaban J connectivity index is 0.000000378. The number of fused-ring (bicyclic) bond motifs is 1. The Morgan fingerprint density at radius 1 is 0.966 bits per heavy atom. The second-order valence-electron chi connectivity index (χ2n) is 6.07.